The van der Waals surface area contributed by atoms with Crippen LogP contribution < -0.4 is 22.1 Å². The summed E-state index contributed by atoms with van der Waals surface area (Å²) >= 11 is 0. The summed E-state index contributed by atoms with van der Waals surface area (Å²) < 4.78 is 5.06. The van der Waals surface area contributed by atoms with Gasteiger partial charge in [-0.3, -0.25) is 4.79 Å². The number of anilines is 3. The van der Waals surface area contributed by atoms with Gasteiger partial charge in [-0.2, -0.15) is 4.98 Å². The van der Waals surface area contributed by atoms with E-state index in [0.717, 1.165) is 11.3 Å². The second-order valence-electron chi connectivity index (χ2n) is 5.45. The number of methoxy groups -OCH3 is 1. The number of benzene rings is 1. The van der Waals surface area contributed by atoms with Crippen LogP contribution in [0.25, 0.3) is 0 Å². The van der Waals surface area contributed by atoms with Crippen LogP contribution in [0.5, 0.6) is 0 Å². The van der Waals surface area contributed by atoms with Crippen molar-refractivity contribution in [3.8, 4) is 0 Å². The minimum atomic E-state index is -0.613. The number of hydrogen-bond donors (Lipinski definition) is 4. The molecule has 8 heteroatoms. The molecule has 1 aromatic carbocycles. The van der Waals surface area contributed by atoms with Crippen molar-refractivity contribution in [2.24, 2.45) is 11.5 Å². The molecule has 1 aromatic heterocycles. The van der Waals surface area contributed by atoms with Gasteiger partial charge in [0.05, 0.1) is 6.04 Å². The highest BCUT2D eigenvalue weighted by atomic mass is 16.5. The van der Waals surface area contributed by atoms with E-state index in [-0.39, 0.29) is 11.6 Å². The number of carbonyl (C=O) groups excluding carboxylic acids is 1. The van der Waals surface area contributed by atoms with Crippen LogP contribution in [0.15, 0.2) is 30.5 Å². The topological polar surface area (TPSA) is 128 Å². The zero-order valence-electron chi connectivity index (χ0n) is 13.9. The lowest BCUT2D eigenvalue weighted by molar-refractivity contribution is 0.0958. The van der Waals surface area contributed by atoms with Crippen molar-refractivity contribution in [1.82, 2.24) is 9.97 Å². The molecule has 2 unspecified atom stereocenters. The van der Waals surface area contributed by atoms with Gasteiger partial charge in [-0.05, 0) is 31.5 Å². The van der Waals surface area contributed by atoms with Crippen molar-refractivity contribution in [2.45, 2.75) is 26.1 Å². The average Bonchev–Trinajstić information content (AvgIpc) is 2.54. The Bertz CT molecular complexity index is 721. The number of nitrogens with zero attached hydrogens (tertiary/aromatic N) is 2. The van der Waals surface area contributed by atoms with Gasteiger partial charge < -0.3 is 26.8 Å². The maximum absolute atomic E-state index is 11.6. The SMILES string of the molecule is COC(N)C(C)Nc1ncc(C(N)=O)c(Nc2cccc(C)c2)n1. The fraction of sp³-hybridized carbons (Fsp3) is 0.312. The third-order valence-electron chi connectivity index (χ3n) is 3.46. The van der Waals surface area contributed by atoms with E-state index in [1.54, 1.807) is 0 Å². The fourth-order valence-electron chi connectivity index (χ4n) is 2.08. The highest BCUT2D eigenvalue weighted by Gasteiger charge is 2.16. The zero-order valence-corrected chi connectivity index (χ0v) is 13.9. The first-order chi connectivity index (χ1) is 11.4. The van der Waals surface area contributed by atoms with E-state index in [1.807, 2.05) is 38.1 Å². The minimum Gasteiger partial charge on any atom is -0.365 e. The first-order valence-electron chi connectivity index (χ1n) is 7.46. The van der Waals surface area contributed by atoms with Crippen LogP contribution in [0.4, 0.5) is 17.5 Å². The zero-order chi connectivity index (χ0) is 17.7. The second-order valence-corrected chi connectivity index (χ2v) is 5.45. The van der Waals surface area contributed by atoms with Crippen LogP contribution >= 0.6 is 0 Å². The average molecular weight is 330 g/mol. The Balaban J connectivity index is 2.29. The predicted molar refractivity (Wildman–Crippen MR) is 93.1 cm³/mol. The van der Waals surface area contributed by atoms with E-state index in [2.05, 4.69) is 20.6 Å². The Labute approximate surface area is 140 Å². The first-order valence-corrected chi connectivity index (χ1v) is 7.46. The van der Waals surface area contributed by atoms with Gasteiger partial charge >= 0.3 is 0 Å². The summed E-state index contributed by atoms with van der Waals surface area (Å²) in [6.07, 6.45) is 0.860. The second kappa shape index (κ2) is 7.71. The lowest BCUT2D eigenvalue weighted by Gasteiger charge is -2.20. The number of nitrogens with two attached hydrogens (primary N) is 2. The highest BCUT2D eigenvalue weighted by molar-refractivity contribution is 5.98. The summed E-state index contributed by atoms with van der Waals surface area (Å²) in [6.45, 7) is 3.81. The smallest absolute Gasteiger partial charge is 0.254 e. The van der Waals surface area contributed by atoms with Gasteiger partial charge in [-0.15, -0.1) is 0 Å². The van der Waals surface area contributed by atoms with Gasteiger partial charge in [0, 0.05) is 19.0 Å². The van der Waals surface area contributed by atoms with Gasteiger partial charge in [0.25, 0.3) is 5.91 Å². The number of primary amides is 1. The maximum atomic E-state index is 11.6. The van der Waals surface area contributed by atoms with Crippen molar-refractivity contribution in [2.75, 3.05) is 17.7 Å². The monoisotopic (exact) mass is 330 g/mol. The summed E-state index contributed by atoms with van der Waals surface area (Å²) in [4.78, 5) is 20.0. The molecule has 128 valence electrons. The van der Waals surface area contributed by atoms with Crippen LogP contribution in [-0.4, -0.2) is 35.3 Å². The molecule has 0 saturated heterocycles. The number of nitrogens with one attached hydrogen (secondary N) is 2. The molecule has 0 saturated carbocycles. The lowest BCUT2D eigenvalue weighted by atomic mass is 10.2. The van der Waals surface area contributed by atoms with Crippen molar-refractivity contribution in [3.05, 3.63) is 41.6 Å². The third-order valence-corrected chi connectivity index (χ3v) is 3.46. The molecule has 1 amide bonds. The maximum Gasteiger partial charge on any atom is 0.254 e. The third kappa shape index (κ3) is 4.40. The van der Waals surface area contributed by atoms with Crippen molar-refractivity contribution in [1.29, 1.82) is 0 Å². The van der Waals surface area contributed by atoms with E-state index in [1.165, 1.54) is 13.3 Å². The van der Waals surface area contributed by atoms with E-state index >= 15 is 0 Å². The summed E-state index contributed by atoms with van der Waals surface area (Å²) in [6, 6.07) is 7.46. The molecule has 24 heavy (non-hydrogen) atoms. The molecule has 0 aliphatic heterocycles. The molecule has 2 atom stereocenters. The number of carbonyl (C=O) groups is 1. The van der Waals surface area contributed by atoms with Gasteiger partial charge in [-0.25, -0.2) is 4.98 Å². The Morgan fingerprint density at radius 2 is 2.12 bits per heavy atom. The summed E-state index contributed by atoms with van der Waals surface area (Å²) in [5, 5.41) is 6.13. The minimum absolute atomic E-state index is 0.200. The Hall–Kier alpha value is -2.71. The number of amides is 1. The molecule has 0 spiro atoms. The molecule has 0 fully saturated rings. The van der Waals surface area contributed by atoms with Gasteiger partial charge in [0.15, 0.2) is 0 Å². The number of aromatic nitrogens is 2. The van der Waals surface area contributed by atoms with Crippen molar-refractivity contribution >= 4 is 23.4 Å². The number of rotatable bonds is 7. The fourth-order valence-corrected chi connectivity index (χ4v) is 2.08. The summed E-state index contributed by atoms with van der Waals surface area (Å²) in [7, 11) is 1.52. The summed E-state index contributed by atoms with van der Waals surface area (Å²) in [5.74, 6) is 0.0253. The van der Waals surface area contributed by atoms with Gasteiger partial charge in [0.1, 0.15) is 17.6 Å². The van der Waals surface area contributed by atoms with Crippen LogP contribution in [0.1, 0.15) is 22.8 Å². The molecule has 2 rings (SSSR count). The first kappa shape index (κ1) is 17.6. The highest BCUT2D eigenvalue weighted by Crippen LogP contribution is 2.20. The molecule has 8 nitrogen and oxygen atoms in total. The molecular formula is C16H22N6O2. The molecule has 2 aromatic rings. The van der Waals surface area contributed by atoms with Crippen molar-refractivity contribution < 1.29 is 9.53 Å². The normalized spacial score (nSPS) is 13.2. The van der Waals surface area contributed by atoms with Crippen LogP contribution in [0, 0.1) is 6.92 Å². The van der Waals surface area contributed by atoms with E-state index in [4.69, 9.17) is 16.2 Å². The van der Waals surface area contributed by atoms with Crippen LogP contribution in [0.2, 0.25) is 0 Å². The van der Waals surface area contributed by atoms with E-state index < -0.39 is 12.1 Å². The van der Waals surface area contributed by atoms with E-state index in [0.29, 0.717) is 11.8 Å². The Morgan fingerprint density at radius 3 is 2.75 bits per heavy atom. The Morgan fingerprint density at radius 1 is 1.38 bits per heavy atom. The van der Waals surface area contributed by atoms with Crippen LogP contribution in [-0.2, 0) is 4.74 Å². The molecular weight excluding hydrogens is 308 g/mol. The molecule has 6 N–H and O–H groups in total. The number of ether oxygens (including phenoxy) is 1. The van der Waals surface area contributed by atoms with Crippen molar-refractivity contribution in [3.63, 3.8) is 0 Å². The summed E-state index contributed by atoms with van der Waals surface area (Å²) in [5.41, 5.74) is 13.3. The lowest BCUT2D eigenvalue weighted by Crippen LogP contribution is -2.39. The standard InChI is InChI=1S/C16H22N6O2/c1-9-5-4-6-11(7-9)21-15-12(13(17)23)8-19-16(22-15)20-10(2)14(18)24-3/h4-8,10,14H,18H2,1-3H3,(H2,17,23)(H2,19,20,21,22). The predicted octanol–water partition coefficient (Wildman–Crippen LogP) is 1.36. The molecule has 0 bridgehead atoms. The van der Waals surface area contributed by atoms with E-state index in [9.17, 15) is 4.79 Å². The largest absolute Gasteiger partial charge is 0.365 e. The van der Waals surface area contributed by atoms with Gasteiger partial charge in [0.2, 0.25) is 5.95 Å². The molecule has 1 heterocycles. The molecule has 0 radical (unpaired) electrons. The quantitative estimate of drug-likeness (QED) is 0.564. The molecule has 0 aliphatic carbocycles. The number of hydrogen-bond acceptors (Lipinski definition) is 7. The molecule has 0 aliphatic rings. The number of aryl methyl sites for hydroxylation is 1. The van der Waals surface area contributed by atoms with Gasteiger partial charge in [-0.1, -0.05) is 12.1 Å². The Kier molecular flexibility index (Phi) is 5.67. The van der Waals surface area contributed by atoms with Crippen LogP contribution in [0.3, 0.4) is 0 Å².